The number of hydrogen-bond donors (Lipinski definition) is 1. The molecule has 3 aromatic rings. The van der Waals surface area contributed by atoms with Gasteiger partial charge in [0.25, 0.3) is 0 Å². The van der Waals surface area contributed by atoms with Crippen molar-refractivity contribution >= 4 is 44.3 Å². The molecule has 0 saturated heterocycles. The largest absolute Gasteiger partial charge is 0.490 e. The quantitative estimate of drug-likeness (QED) is 0.363. The molecule has 3 heterocycles. The minimum Gasteiger partial charge on any atom is -0.490 e. The third kappa shape index (κ3) is 6.19. The van der Waals surface area contributed by atoms with Crippen LogP contribution in [0.2, 0.25) is 5.02 Å². The van der Waals surface area contributed by atoms with Gasteiger partial charge < -0.3 is 9.64 Å². The molecule has 0 radical (unpaired) electrons. The Bertz CT molecular complexity index is 1410. The zero-order valence-corrected chi connectivity index (χ0v) is 21.2. The second-order valence-electron chi connectivity index (χ2n) is 7.90. The zero-order valence-electron chi connectivity index (χ0n) is 18.8. The van der Waals surface area contributed by atoms with E-state index in [1.165, 1.54) is 30.6 Å². The fourth-order valence-electron chi connectivity index (χ4n) is 3.82. The predicted molar refractivity (Wildman–Crippen MR) is 135 cm³/mol. The first-order valence-electron chi connectivity index (χ1n) is 10.6. The molecule has 1 aliphatic rings. The molecule has 0 amide bonds. The lowest BCUT2D eigenvalue weighted by atomic mass is 9.99. The van der Waals surface area contributed by atoms with Crippen molar-refractivity contribution in [2.75, 3.05) is 15.9 Å². The molecule has 0 spiro atoms. The van der Waals surface area contributed by atoms with Gasteiger partial charge in [0.2, 0.25) is 10.0 Å². The molecular formula is C24H22ClF2N3O3S2. The Hall–Kier alpha value is -2.95. The first-order chi connectivity index (χ1) is 16.6. The van der Waals surface area contributed by atoms with E-state index in [1.54, 1.807) is 28.4 Å². The average Bonchev–Trinajstić information content (AvgIpc) is 3.24. The number of aromatic nitrogens is 1. The van der Waals surface area contributed by atoms with E-state index in [1.807, 2.05) is 18.4 Å². The minimum atomic E-state index is -3.56. The van der Waals surface area contributed by atoms with Crippen LogP contribution in [0, 0.1) is 5.82 Å². The van der Waals surface area contributed by atoms with Crippen molar-refractivity contribution in [3.05, 3.63) is 98.8 Å². The number of rotatable bonds is 8. The average molecular weight is 538 g/mol. The van der Waals surface area contributed by atoms with Crippen LogP contribution in [0.25, 0.3) is 0 Å². The molecule has 184 valence electrons. The van der Waals surface area contributed by atoms with Crippen molar-refractivity contribution in [2.45, 2.75) is 26.0 Å². The van der Waals surface area contributed by atoms with E-state index in [4.69, 9.17) is 16.3 Å². The SMILES string of the molecule is CCc1sccc1C1C(OCc2cncc(F)c2)=CC(F)=CN1c1cc(Cl)cc(NS(C)(=O)=O)c1. The number of benzene rings is 1. The Morgan fingerprint density at radius 3 is 2.74 bits per heavy atom. The number of thiophene rings is 1. The maximum atomic E-state index is 14.9. The monoisotopic (exact) mass is 537 g/mol. The lowest BCUT2D eigenvalue weighted by Gasteiger charge is -2.35. The molecule has 2 aromatic heterocycles. The van der Waals surface area contributed by atoms with Crippen molar-refractivity contribution in [1.82, 2.24) is 4.98 Å². The van der Waals surface area contributed by atoms with E-state index in [0.717, 1.165) is 29.3 Å². The topological polar surface area (TPSA) is 71.5 Å². The van der Waals surface area contributed by atoms with Gasteiger partial charge in [0.15, 0.2) is 0 Å². The second kappa shape index (κ2) is 10.3. The molecule has 1 unspecified atom stereocenters. The second-order valence-corrected chi connectivity index (χ2v) is 11.1. The number of ether oxygens (including phenoxy) is 1. The van der Waals surface area contributed by atoms with Crippen LogP contribution in [0.4, 0.5) is 20.2 Å². The Balaban J connectivity index is 1.77. The summed E-state index contributed by atoms with van der Waals surface area (Å²) >= 11 is 7.87. The molecule has 1 N–H and O–H groups in total. The number of allylic oxidation sites excluding steroid dienone is 2. The van der Waals surface area contributed by atoms with E-state index in [9.17, 15) is 17.2 Å². The number of nitrogens with zero attached hydrogens (tertiary/aromatic N) is 2. The van der Waals surface area contributed by atoms with E-state index < -0.39 is 27.7 Å². The molecule has 35 heavy (non-hydrogen) atoms. The third-order valence-corrected chi connectivity index (χ3v) is 7.04. The highest BCUT2D eigenvalue weighted by atomic mass is 35.5. The lowest BCUT2D eigenvalue weighted by molar-refractivity contribution is 0.177. The number of anilines is 2. The molecule has 1 aromatic carbocycles. The number of sulfonamides is 1. The molecule has 0 aliphatic carbocycles. The number of hydrogen-bond acceptors (Lipinski definition) is 6. The molecular weight excluding hydrogens is 516 g/mol. The van der Waals surface area contributed by atoms with E-state index in [-0.39, 0.29) is 17.3 Å². The van der Waals surface area contributed by atoms with Crippen molar-refractivity contribution in [1.29, 1.82) is 0 Å². The molecule has 1 aliphatic heterocycles. The predicted octanol–water partition coefficient (Wildman–Crippen LogP) is 6.34. The maximum absolute atomic E-state index is 14.9. The number of nitrogens with one attached hydrogen (secondary N) is 1. The van der Waals surface area contributed by atoms with Gasteiger partial charge in [-0.15, -0.1) is 11.3 Å². The number of halogens is 3. The van der Waals surface area contributed by atoms with Crippen LogP contribution < -0.4 is 9.62 Å². The summed E-state index contributed by atoms with van der Waals surface area (Å²) < 4.78 is 60.5. The lowest BCUT2D eigenvalue weighted by Crippen LogP contribution is -2.29. The van der Waals surface area contributed by atoms with Gasteiger partial charge in [-0.2, -0.15) is 0 Å². The van der Waals surface area contributed by atoms with Crippen molar-refractivity contribution < 1.29 is 21.9 Å². The number of aryl methyl sites for hydroxylation is 1. The van der Waals surface area contributed by atoms with Crippen LogP contribution in [0.15, 0.2) is 72.0 Å². The zero-order chi connectivity index (χ0) is 25.2. The summed E-state index contributed by atoms with van der Waals surface area (Å²) in [5.41, 5.74) is 2.10. The normalized spacial score (nSPS) is 16.0. The molecule has 0 saturated carbocycles. The fourth-order valence-corrected chi connectivity index (χ4v) is 5.46. The van der Waals surface area contributed by atoms with Gasteiger partial charge in [0.1, 0.15) is 30.1 Å². The van der Waals surface area contributed by atoms with Gasteiger partial charge in [-0.05, 0) is 47.7 Å². The highest BCUT2D eigenvalue weighted by Gasteiger charge is 2.32. The molecule has 4 rings (SSSR count). The van der Waals surface area contributed by atoms with Gasteiger partial charge >= 0.3 is 0 Å². The van der Waals surface area contributed by atoms with Crippen LogP contribution in [-0.2, 0) is 27.8 Å². The van der Waals surface area contributed by atoms with Crippen LogP contribution in [0.1, 0.15) is 29.0 Å². The highest BCUT2D eigenvalue weighted by Crippen LogP contribution is 2.42. The Kier molecular flexibility index (Phi) is 7.44. The highest BCUT2D eigenvalue weighted by molar-refractivity contribution is 7.92. The molecule has 6 nitrogen and oxygen atoms in total. The van der Waals surface area contributed by atoms with Crippen LogP contribution >= 0.6 is 22.9 Å². The van der Waals surface area contributed by atoms with Crippen molar-refractivity contribution in [2.24, 2.45) is 0 Å². The van der Waals surface area contributed by atoms with Crippen LogP contribution in [0.3, 0.4) is 0 Å². The third-order valence-electron chi connectivity index (χ3n) is 5.14. The van der Waals surface area contributed by atoms with Gasteiger partial charge in [-0.25, -0.2) is 17.2 Å². The Labute approximate surface area is 211 Å². The maximum Gasteiger partial charge on any atom is 0.229 e. The summed E-state index contributed by atoms with van der Waals surface area (Å²) in [6.07, 6.45) is 6.97. The van der Waals surface area contributed by atoms with E-state index in [0.29, 0.717) is 17.0 Å². The summed E-state index contributed by atoms with van der Waals surface area (Å²) in [5.74, 6) is -0.761. The summed E-state index contributed by atoms with van der Waals surface area (Å²) in [4.78, 5) is 6.56. The Morgan fingerprint density at radius 1 is 1.23 bits per heavy atom. The van der Waals surface area contributed by atoms with Gasteiger partial charge in [-0.3, -0.25) is 9.71 Å². The van der Waals surface area contributed by atoms with Gasteiger partial charge in [0, 0.05) is 39.6 Å². The minimum absolute atomic E-state index is 0.0176. The summed E-state index contributed by atoms with van der Waals surface area (Å²) in [5, 5.41) is 2.22. The summed E-state index contributed by atoms with van der Waals surface area (Å²) in [6, 6.07) is 7.33. The standard InChI is InChI=1S/C24H22ClF2N3O3S2/c1-3-23-21(4-5-34-23)24-22(33-14-15-6-17(26)12-28-11-15)9-18(27)13-30(24)20-8-16(25)7-19(10-20)29-35(2,31)32/h4-13,24,29H,3,14H2,1-2H3. The number of pyridine rings is 1. The first kappa shape index (κ1) is 25.2. The molecule has 0 fully saturated rings. The smallest absolute Gasteiger partial charge is 0.229 e. The van der Waals surface area contributed by atoms with Crippen LogP contribution in [0.5, 0.6) is 0 Å². The molecule has 11 heteroatoms. The fraction of sp³-hybridized carbons (Fsp3) is 0.208. The van der Waals surface area contributed by atoms with E-state index in [2.05, 4.69) is 9.71 Å². The Morgan fingerprint density at radius 2 is 2.03 bits per heavy atom. The first-order valence-corrected chi connectivity index (χ1v) is 13.7. The molecule has 0 bridgehead atoms. The summed E-state index contributed by atoms with van der Waals surface area (Å²) in [6.45, 7) is 2.01. The van der Waals surface area contributed by atoms with Crippen LogP contribution in [-0.4, -0.2) is 19.7 Å². The van der Waals surface area contributed by atoms with Crippen molar-refractivity contribution in [3.63, 3.8) is 0 Å². The van der Waals surface area contributed by atoms with Crippen molar-refractivity contribution in [3.8, 4) is 0 Å². The van der Waals surface area contributed by atoms with Gasteiger partial charge in [0.05, 0.1) is 18.1 Å². The molecule has 1 atom stereocenters. The van der Waals surface area contributed by atoms with Gasteiger partial charge in [-0.1, -0.05) is 18.5 Å². The summed E-state index contributed by atoms with van der Waals surface area (Å²) in [7, 11) is -3.56. The van der Waals surface area contributed by atoms with E-state index >= 15 is 0 Å².